The van der Waals surface area contributed by atoms with E-state index in [9.17, 15) is 8.78 Å². The summed E-state index contributed by atoms with van der Waals surface area (Å²) in [5, 5.41) is 3.37. The minimum absolute atomic E-state index is 0.0917. The molecule has 0 unspecified atom stereocenters. The van der Waals surface area contributed by atoms with Crippen molar-refractivity contribution in [2.24, 2.45) is 16.7 Å². The van der Waals surface area contributed by atoms with Gasteiger partial charge in [0.2, 0.25) is 5.95 Å². The summed E-state index contributed by atoms with van der Waals surface area (Å²) in [5.41, 5.74) is 6.69. The molecule has 0 atom stereocenters. The third-order valence-corrected chi connectivity index (χ3v) is 3.02. The standard InChI is InChI=1S/C11H16F2N6/c1-7-6-8(9(14)18-15)17-10(16-7)19-4-2-11(12,13)3-5-19/h6H,2-5,15H2,1H3,(H2,14,18). The zero-order valence-corrected chi connectivity index (χ0v) is 10.6. The molecule has 0 aromatic carbocycles. The number of nitrogens with two attached hydrogens (primary N) is 2. The predicted molar refractivity (Wildman–Crippen MR) is 68.1 cm³/mol. The predicted octanol–water partition coefficient (Wildman–Crippen LogP) is 0.600. The Morgan fingerprint density at radius 1 is 1.37 bits per heavy atom. The van der Waals surface area contributed by atoms with Crippen LogP contribution in [0.1, 0.15) is 24.2 Å². The molecule has 1 fully saturated rings. The highest BCUT2D eigenvalue weighted by atomic mass is 19.3. The number of rotatable bonds is 2. The molecular formula is C11H16F2N6. The molecule has 19 heavy (non-hydrogen) atoms. The van der Waals surface area contributed by atoms with Crippen LogP contribution in [-0.2, 0) is 0 Å². The van der Waals surface area contributed by atoms with Crippen molar-refractivity contribution < 1.29 is 8.78 Å². The van der Waals surface area contributed by atoms with Crippen molar-refractivity contribution in [1.29, 1.82) is 0 Å². The third-order valence-electron chi connectivity index (χ3n) is 3.02. The van der Waals surface area contributed by atoms with Crippen LogP contribution in [0.2, 0.25) is 0 Å². The first kappa shape index (κ1) is 13.4. The monoisotopic (exact) mass is 270 g/mol. The maximum absolute atomic E-state index is 13.1. The number of piperidine rings is 1. The molecule has 2 rings (SSSR count). The molecule has 1 aromatic heterocycles. The molecule has 104 valence electrons. The van der Waals surface area contributed by atoms with Crippen LogP contribution in [-0.4, -0.2) is 34.8 Å². The van der Waals surface area contributed by atoms with Crippen LogP contribution < -0.4 is 16.5 Å². The van der Waals surface area contributed by atoms with E-state index in [2.05, 4.69) is 15.1 Å². The molecule has 4 N–H and O–H groups in total. The van der Waals surface area contributed by atoms with E-state index >= 15 is 0 Å². The summed E-state index contributed by atoms with van der Waals surface area (Å²) >= 11 is 0. The van der Waals surface area contributed by atoms with Crippen molar-refractivity contribution >= 4 is 11.8 Å². The average Bonchev–Trinajstić information content (AvgIpc) is 2.37. The molecule has 0 bridgehead atoms. The second-order valence-corrected chi connectivity index (χ2v) is 4.55. The molecule has 1 aliphatic rings. The van der Waals surface area contributed by atoms with Gasteiger partial charge in [-0.05, 0) is 13.0 Å². The Labute approximate surface area is 109 Å². The highest BCUT2D eigenvalue weighted by Gasteiger charge is 2.34. The minimum Gasteiger partial charge on any atom is -0.380 e. The first-order chi connectivity index (χ1) is 8.91. The van der Waals surface area contributed by atoms with Crippen LogP contribution in [0.5, 0.6) is 0 Å². The SMILES string of the molecule is Cc1cc(C(N)=NN)nc(N2CCC(F)(F)CC2)n1. The van der Waals surface area contributed by atoms with Gasteiger partial charge >= 0.3 is 0 Å². The first-order valence-corrected chi connectivity index (χ1v) is 5.93. The van der Waals surface area contributed by atoms with Crippen molar-refractivity contribution in [2.75, 3.05) is 18.0 Å². The van der Waals surface area contributed by atoms with Gasteiger partial charge in [-0.25, -0.2) is 18.7 Å². The van der Waals surface area contributed by atoms with E-state index in [0.29, 0.717) is 17.3 Å². The molecule has 6 nitrogen and oxygen atoms in total. The van der Waals surface area contributed by atoms with Gasteiger partial charge in [0.25, 0.3) is 5.92 Å². The van der Waals surface area contributed by atoms with Crippen molar-refractivity contribution in [1.82, 2.24) is 9.97 Å². The molecule has 0 spiro atoms. The highest BCUT2D eigenvalue weighted by molar-refractivity contribution is 5.95. The Kier molecular flexibility index (Phi) is 3.50. The van der Waals surface area contributed by atoms with E-state index < -0.39 is 5.92 Å². The average molecular weight is 270 g/mol. The van der Waals surface area contributed by atoms with Gasteiger partial charge in [-0.2, -0.15) is 5.10 Å². The molecule has 0 aliphatic carbocycles. The van der Waals surface area contributed by atoms with Gasteiger partial charge in [-0.3, -0.25) is 0 Å². The van der Waals surface area contributed by atoms with Gasteiger partial charge in [0.05, 0.1) is 0 Å². The number of hydrazone groups is 1. The largest absolute Gasteiger partial charge is 0.380 e. The topological polar surface area (TPSA) is 93.4 Å². The normalized spacial score (nSPS) is 19.5. The van der Waals surface area contributed by atoms with Gasteiger partial charge in [-0.15, -0.1) is 0 Å². The molecule has 0 saturated carbocycles. The zero-order chi connectivity index (χ0) is 14.0. The fourth-order valence-electron chi connectivity index (χ4n) is 1.93. The van der Waals surface area contributed by atoms with Crippen LogP contribution in [0.25, 0.3) is 0 Å². The highest BCUT2D eigenvalue weighted by Crippen LogP contribution is 2.29. The zero-order valence-electron chi connectivity index (χ0n) is 10.6. The van der Waals surface area contributed by atoms with Crippen LogP contribution in [0.3, 0.4) is 0 Å². The van der Waals surface area contributed by atoms with Crippen LogP contribution in [0.4, 0.5) is 14.7 Å². The lowest BCUT2D eigenvalue weighted by Crippen LogP contribution is -2.40. The molecule has 0 amide bonds. The number of aryl methyl sites for hydroxylation is 1. The first-order valence-electron chi connectivity index (χ1n) is 5.93. The van der Waals surface area contributed by atoms with Gasteiger partial charge in [0.1, 0.15) is 5.69 Å². The Morgan fingerprint density at radius 2 is 2.00 bits per heavy atom. The number of alkyl halides is 2. The number of halogens is 2. The summed E-state index contributed by atoms with van der Waals surface area (Å²) in [6, 6.07) is 1.65. The number of hydrogen-bond acceptors (Lipinski definition) is 5. The van der Waals surface area contributed by atoms with Crippen molar-refractivity contribution in [3.05, 3.63) is 17.5 Å². The minimum atomic E-state index is -2.60. The lowest BCUT2D eigenvalue weighted by Gasteiger charge is -2.31. The van der Waals surface area contributed by atoms with Crippen molar-refractivity contribution in [3.8, 4) is 0 Å². The summed E-state index contributed by atoms with van der Waals surface area (Å²) in [5.74, 6) is 2.99. The van der Waals surface area contributed by atoms with E-state index in [1.165, 1.54) is 0 Å². The van der Waals surface area contributed by atoms with Crippen molar-refractivity contribution in [2.45, 2.75) is 25.7 Å². The number of amidine groups is 1. The summed E-state index contributed by atoms with van der Waals surface area (Å²) in [7, 11) is 0. The quantitative estimate of drug-likeness (QED) is 0.355. The molecule has 2 heterocycles. The molecule has 8 heteroatoms. The lowest BCUT2D eigenvalue weighted by atomic mass is 10.1. The summed E-state index contributed by atoms with van der Waals surface area (Å²) in [6.45, 7) is 2.21. The van der Waals surface area contributed by atoms with E-state index in [4.69, 9.17) is 11.6 Å². The molecular weight excluding hydrogens is 254 g/mol. The van der Waals surface area contributed by atoms with E-state index in [0.717, 1.165) is 0 Å². The second-order valence-electron chi connectivity index (χ2n) is 4.55. The van der Waals surface area contributed by atoms with Gasteiger partial charge in [-0.1, -0.05) is 0 Å². The van der Waals surface area contributed by atoms with Crippen LogP contribution >= 0.6 is 0 Å². The summed E-state index contributed by atoms with van der Waals surface area (Å²) in [6.07, 6.45) is -0.389. The Morgan fingerprint density at radius 3 is 2.58 bits per heavy atom. The number of nitrogens with zero attached hydrogens (tertiary/aromatic N) is 4. The molecule has 1 saturated heterocycles. The fourth-order valence-corrected chi connectivity index (χ4v) is 1.93. The van der Waals surface area contributed by atoms with Gasteiger partial charge < -0.3 is 16.5 Å². The molecule has 1 aromatic rings. The molecule has 0 radical (unpaired) electrons. The van der Waals surface area contributed by atoms with E-state index in [-0.39, 0.29) is 31.8 Å². The number of aromatic nitrogens is 2. The van der Waals surface area contributed by atoms with Crippen LogP contribution in [0, 0.1) is 6.92 Å². The number of hydrogen-bond donors (Lipinski definition) is 2. The van der Waals surface area contributed by atoms with Gasteiger partial charge in [0, 0.05) is 31.6 Å². The van der Waals surface area contributed by atoms with Crippen LogP contribution in [0.15, 0.2) is 11.2 Å². The second kappa shape index (κ2) is 4.94. The third kappa shape index (κ3) is 3.07. The van der Waals surface area contributed by atoms with Crippen molar-refractivity contribution in [3.63, 3.8) is 0 Å². The van der Waals surface area contributed by atoms with E-state index in [1.807, 2.05) is 0 Å². The maximum atomic E-state index is 13.1. The Balaban J connectivity index is 2.24. The Bertz CT molecular complexity index is 492. The number of anilines is 1. The summed E-state index contributed by atoms with van der Waals surface area (Å²) < 4.78 is 26.2. The maximum Gasteiger partial charge on any atom is 0.251 e. The fraction of sp³-hybridized carbons (Fsp3) is 0.545. The molecule has 1 aliphatic heterocycles. The lowest BCUT2D eigenvalue weighted by molar-refractivity contribution is -0.0222. The smallest absolute Gasteiger partial charge is 0.251 e. The Hall–Kier alpha value is -1.99. The van der Waals surface area contributed by atoms with E-state index in [1.54, 1.807) is 17.9 Å². The van der Waals surface area contributed by atoms with Gasteiger partial charge in [0.15, 0.2) is 5.84 Å². The summed E-state index contributed by atoms with van der Waals surface area (Å²) in [4.78, 5) is 10.2.